The van der Waals surface area contributed by atoms with Gasteiger partial charge in [-0.3, -0.25) is 9.69 Å². The van der Waals surface area contributed by atoms with Crippen molar-refractivity contribution in [2.24, 2.45) is 0 Å². The Labute approximate surface area is 139 Å². The quantitative estimate of drug-likeness (QED) is 0.786. The molecule has 2 rings (SSSR count). The van der Waals surface area contributed by atoms with Gasteiger partial charge in [0.15, 0.2) is 0 Å². The van der Waals surface area contributed by atoms with Crippen molar-refractivity contribution in [3.63, 3.8) is 0 Å². The number of carbonyl (C=O) groups excluding carboxylic acids is 1. The van der Waals surface area contributed by atoms with Crippen LogP contribution in [0, 0.1) is 0 Å². The van der Waals surface area contributed by atoms with Gasteiger partial charge in [0, 0.05) is 31.9 Å². The van der Waals surface area contributed by atoms with Gasteiger partial charge in [0.25, 0.3) is 0 Å². The number of benzene rings is 1. The molecular weight excluding hydrogens is 290 g/mol. The predicted octanol–water partition coefficient (Wildman–Crippen LogP) is 1.84. The van der Waals surface area contributed by atoms with Gasteiger partial charge in [0.1, 0.15) is 0 Å². The Morgan fingerprint density at radius 3 is 2.61 bits per heavy atom. The van der Waals surface area contributed by atoms with E-state index in [9.17, 15) is 4.79 Å². The van der Waals surface area contributed by atoms with E-state index in [1.807, 2.05) is 18.2 Å². The number of para-hydroxylation sites is 1. The van der Waals surface area contributed by atoms with Crippen LogP contribution in [0.25, 0.3) is 0 Å². The first kappa shape index (κ1) is 17.9. The smallest absolute Gasteiger partial charge is 0.238 e. The number of ether oxygens (including phenoxy) is 1. The third-order valence-corrected chi connectivity index (χ3v) is 4.00. The van der Waals surface area contributed by atoms with Gasteiger partial charge in [0.2, 0.25) is 5.91 Å². The van der Waals surface area contributed by atoms with E-state index in [0.717, 1.165) is 50.6 Å². The summed E-state index contributed by atoms with van der Waals surface area (Å²) in [5.74, 6) is 0.00341. The van der Waals surface area contributed by atoms with Gasteiger partial charge in [-0.1, -0.05) is 39.0 Å². The van der Waals surface area contributed by atoms with Crippen LogP contribution in [-0.4, -0.2) is 56.7 Å². The Balaban J connectivity index is 1.74. The van der Waals surface area contributed by atoms with Crippen molar-refractivity contribution in [2.45, 2.75) is 26.2 Å². The molecule has 0 saturated carbocycles. The largest absolute Gasteiger partial charge is 0.379 e. The molecular formula is C18H29N3O2. The van der Waals surface area contributed by atoms with Crippen LogP contribution in [0.5, 0.6) is 0 Å². The van der Waals surface area contributed by atoms with Gasteiger partial charge in [0.05, 0.1) is 19.8 Å². The number of hydrogen-bond acceptors (Lipinski definition) is 4. The molecule has 1 aromatic rings. The second kappa shape index (κ2) is 8.43. The molecule has 0 radical (unpaired) electrons. The standard InChI is InChI=1S/C18H29N3O2/c1-18(2,3)15-6-4-5-7-16(15)20-17(22)14-19-8-9-21-10-12-23-13-11-21/h4-7,19H,8-14H2,1-3H3,(H,20,22). The monoisotopic (exact) mass is 319 g/mol. The molecule has 0 aromatic heterocycles. The summed E-state index contributed by atoms with van der Waals surface area (Å²) in [6.45, 7) is 12.1. The Bertz CT molecular complexity index is 505. The fourth-order valence-corrected chi connectivity index (χ4v) is 2.70. The molecule has 1 saturated heterocycles. The molecule has 5 nitrogen and oxygen atoms in total. The Morgan fingerprint density at radius 1 is 1.22 bits per heavy atom. The second-order valence-electron chi connectivity index (χ2n) is 6.97. The van der Waals surface area contributed by atoms with Crippen molar-refractivity contribution in [3.8, 4) is 0 Å². The summed E-state index contributed by atoms with van der Waals surface area (Å²) in [4.78, 5) is 14.5. The molecule has 0 spiro atoms. The van der Waals surface area contributed by atoms with Crippen LogP contribution in [-0.2, 0) is 14.9 Å². The summed E-state index contributed by atoms with van der Waals surface area (Å²) in [5.41, 5.74) is 2.06. The summed E-state index contributed by atoms with van der Waals surface area (Å²) in [6.07, 6.45) is 0. The third-order valence-electron chi connectivity index (χ3n) is 4.00. The molecule has 0 aliphatic carbocycles. The maximum atomic E-state index is 12.1. The normalized spacial score (nSPS) is 16.3. The molecule has 1 aliphatic rings. The molecule has 2 N–H and O–H groups in total. The van der Waals surface area contributed by atoms with Gasteiger partial charge in [-0.25, -0.2) is 0 Å². The fourth-order valence-electron chi connectivity index (χ4n) is 2.70. The Kier molecular flexibility index (Phi) is 6.57. The van der Waals surface area contributed by atoms with Gasteiger partial charge in [-0.2, -0.15) is 0 Å². The maximum absolute atomic E-state index is 12.1. The maximum Gasteiger partial charge on any atom is 0.238 e. The number of nitrogens with zero attached hydrogens (tertiary/aromatic N) is 1. The van der Waals surface area contributed by atoms with E-state index in [2.05, 4.69) is 42.4 Å². The summed E-state index contributed by atoms with van der Waals surface area (Å²) >= 11 is 0. The molecule has 1 aliphatic heterocycles. The van der Waals surface area contributed by atoms with Crippen molar-refractivity contribution in [2.75, 3.05) is 51.3 Å². The topological polar surface area (TPSA) is 53.6 Å². The zero-order chi connectivity index (χ0) is 16.7. The van der Waals surface area contributed by atoms with Crippen molar-refractivity contribution in [1.29, 1.82) is 0 Å². The predicted molar refractivity (Wildman–Crippen MR) is 93.9 cm³/mol. The number of carbonyl (C=O) groups is 1. The fraction of sp³-hybridized carbons (Fsp3) is 0.611. The molecule has 1 aromatic carbocycles. The van der Waals surface area contributed by atoms with Crippen molar-refractivity contribution < 1.29 is 9.53 Å². The first-order valence-electron chi connectivity index (χ1n) is 8.37. The number of amides is 1. The van der Waals surface area contributed by atoms with Crippen LogP contribution in [0.2, 0.25) is 0 Å². The summed E-state index contributed by atoms with van der Waals surface area (Å²) in [5, 5.41) is 6.24. The van der Waals surface area contributed by atoms with Crippen LogP contribution >= 0.6 is 0 Å². The molecule has 0 bridgehead atoms. The minimum absolute atomic E-state index is 0.00341. The molecule has 1 heterocycles. The lowest BCUT2D eigenvalue weighted by Crippen LogP contribution is -2.41. The molecule has 23 heavy (non-hydrogen) atoms. The third kappa shape index (κ3) is 5.94. The number of morpholine rings is 1. The first-order valence-corrected chi connectivity index (χ1v) is 8.37. The highest BCUT2D eigenvalue weighted by molar-refractivity contribution is 5.93. The van der Waals surface area contributed by atoms with Gasteiger partial charge in [-0.05, 0) is 17.0 Å². The zero-order valence-electron chi connectivity index (χ0n) is 14.5. The van der Waals surface area contributed by atoms with E-state index in [0.29, 0.717) is 6.54 Å². The summed E-state index contributed by atoms with van der Waals surface area (Å²) in [7, 11) is 0. The van der Waals surface area contributed by atoms with E-state index in [1.165, 1.54) is 0 Å². The number of nitrogens with one attached hydrogen (secondary N) is 2. The van der Waals surface area contributed by atoms with Gasteiger partial charge >= 0.3 is 0 Å². The SMILES string of the molecule is CC(C)(C)c1ccccc1NC(=O)CNCCN1CCOCC1. The number of anilines is 1. The van der Waals surface area contributed by atoms with Gasteiger partial charge in [-0.15, -0.1) is 0 Å². The molecule has 128 valence electrons. The second-order valence-corrected chi connectivity index (χ2v) is 6.97. The average Bonchev–Trinajstić information content (AvgIpc) is 2.52. The first-order chi connectivity index (χ1) is 11.0. The van der Waals surface area contributed by atoms with E-state index in [4.69, 9.17) is 4.74 Å². The lowest BCUT2D eigenvalue weighted by molar-refractivity contribution is -0.115. The van der Waals surface area contributed by atoms with E-state index >= 15 is 0 Å². The Hall–Kier alpha value is -1.43. The summed E-state index contributed by atoms with van der Waals surface area (Å²) in [6, 6.07) is 8.00. The number of hydrogen-bond donors (Lipinski definition) is 2. The average molecular weight is 319 g/mol. The molecule has 0 unspecified atom stereocenters. The van der Waals surface area contributed by atoms with Crippen molar-refractivity contribution in [3.05, 3.63) is 29.8 Å². The molecule has 1 fully saturated rings. The summed E-state index contributed by atoms with van der Waals surface area (Å²) < 4.78 is 5.32. The highest BCUT2D eigenvalue weighted by Gasteiger charge is 2.18. The molecule has 1 amide bonds. The Morgan fingerprint density at radius 2 is 1.91 bits per heavy atom. The van der Waals surface area contributed by atoms with E-state index < -0.39 is 0 Å². The van der Waals surface area contributed by atoms with Crippen molar-refractivity contribution in [1.82, 2.24) is 10.2 Å². The van der Waals surface area contributed by atoms with E-state index in [1.54, 1.807) is 0 Å². The van der Waals surface area contributed by atoms with Crippen LogP contribution < -0.4 is 10.6 Å². The lowest BCUT2D eigenvalue weighted by Gasteiger charge is -2.26. The molecule has 5 heteroatoms. The van der Waals surface area contributed by atoms with Crippen molar-refractivity contribution >= 4 is 11.6 Å². The minimum Gasteiger partial charge on any atom is -0.379 e. The van der Waals surface area contributed by atoms with Crippen LogP contribution in [0.4, 0.5) is 5.69 Å². The zero-order valence-corrected chi connectivity index (χ0v) is 14.5. The molecule has 0 atom stereocenters. The highest BCUT2D eigenvalue weighted by atomic mass is 16.5. The lowest BCUT2D eigenvalue weighted by atomic mass is 9.86. The van der Waals surface area contributed by atoms with Gasteiger partial charge < -0.3 is 15.4 Å². The number of rotatable bonds is 6. The van der Waals surface area contributed by atoms with Crippen LogP contribution in [0.15, 0.2) is 24.3 Å². The van der Waals surface area contributed by atoms with Crippen LogP contribution in [0.3, 0.4) is 0 Å². The highest BCUT2D eigenvalue weighted by Crippen LogP contribution is 2.29. The van der Waals surface area contributed by atoms with E-state index in [-0.39, 0.29) is 11.3 Å². The minimum atomic E-state index is 0.00341. The van der Waals surface area contributed by atoms with Crippen LogP contribution in [0.1, 0.15) is 26.3 Å².